The van der Waals surface area contributed by atoms with Gasteiger partial charge in [0.05, 0.1) is 17.8 Å². The van der Waals surface area contributed by atoms with Crippen molar-refractivity contribution in [3.8, 4) is 11.1 Å². The van der Waals surface area contributed by atoms with E-state index in [2.05, 4.69) is 5.32 Å². The van der Waals surface area contributed by atoms with Gasteiger partial charge in [-0.05, 0) is 35.4 Å². The van der Waals surface area contributed by atoms with E-state index in [0.717, 1.165) is 16.8 Å². The molecule has 0 aromatic heterocycles. The molecule has 0 saturated heterocycles. The number of carbonyl (C=O) groups excluding carboxylic acids is 2. The van der Waals surface area contributed by atoms with E-state index < -0.39 is 0 Å². The average molecular weight is 328 g/mol. The molecule has 1 N–H and O–H groups in total. The van der Waals surface area contributed by atoms with Crippen molar-refractivity contribution in [3.63, 3.8) is 0 Å². The summed E-state index contributed by atoms with van der Waals surface area (Å²) < 4.78 is 0. The van der Waals surface area contributed by atoms with E-state index in [-0.39, 0.29) is 18.5 Å². The van der Waals surface area contributed by atoms with Crippen LogP contribution in [0.4, 0.5) is 5.69 Å². The molecule has 25 heavy (non-hydrogen) atoms. The molecular weight excluding hydrogens is 312 g/mol. The summed E-state index contributed by atoms with van der Waals surface area (Å²) in [6.07, 6.45) is 0. The zero-order valence-electron chi connectivity index (χ0n) is 13.5. The predicted molar refractivity (Wildman–Crippen MR) is 97.3 cm³/mol. The number of rotatable bonds is 4. The number of para-hydroxylation sites is 1. The van der Waals surface area contributed by atoms with Crippen LogP contribution in [0.2, 0.25) is 0 Å². The normalized spacial score (nSPS) is 13.0. The second-order valence-electron chi connectivity index (χ2n) is 5.87. The van der Waals surface area contributed by atoms with Crippen molar-refractivity contribution in [1.29, 1.82) is 0 Å². The number of carbonyl (C=O) groups is 2. The first-order valence-corrected chi connectivity index (χ1v) is 8.08. The van der Waals surface area contributed by atoms with Gasteiger partial charge in [0, 0.05) is 5.69 Å². The van der Waals surface area contributed by atoms with Crippen LogP contribution >= 0.6 is 0 Å². The lowest BCUT2D eigenvalue weighted by Crippen LogP contribution is -2.34. The number of amides is 2. The first-order valence-electron chi connectivity index (χ1n) is 8.08. The largest absolute Gasteiger partial charge is 0.367 e. The monoisotopic (exact) mass is 328 g/mol. The molecule has 1 aliphatic rings. The third-order valence-electron chi connectivity index (χ3n) is 4.29. The van der Waals surface area contributed by atoms with E-state index in [0.29, 0.717) is 11.1 Å². The molecule has 0 fully saturated rings. The number of fused-ring (bicyclic) bond motifs is 1. The highest BCUT2D eigenvalue weighted by molar-refractivity contribution is 6.21. The quantitative estimate of drug-likeness (QED) is 0.736. The van der Waals surface area contributed by atoms with Crippen LogP contribution in [0.15, 0.2) is 78.9 Å². The summed E-state index contributed by atoms with van der Waals surface area (Å²) in [5.41, 5.74) is 3.73. The molecule has 0 radical (unpaired) electrons. The molecule has 4 nitrogen and oxygen atoms in total. The molecule has 2 amide bonds. The van der Waals surface area contributed by atoms with Crippen molar-refractivity contribution >= 4 is 17.5 Å². The Labute approximate surface area is 145 Å². The highest BCUT2D eigenvalue weighted by atomic mass is 16.2. The van der Waals surface area contributed by atoms with Crippen LogP contribution in [0.5, 0.6) is 0 Å². The summed E-state index contributed by atoms with van der Waals surface area (Å²) in [6, 6.07) is 24.7. The molecule has 0 atom stereocenters. The van der Waals surface area contributed by atoms with Crippen LogP contribution in [-0.4, -0.2) is 23.4 Å². The minimum absolute atomic E-state index is 0.150. The van der Waals surface area contributed by atoms with Crippen LogP contribution < -0.4 is 5.32 Å². The Balaban J connectivity index is 1.59. The summed E-state index contributed by atoms with van der Waals surface area (Å²) >= 11 is 0. The van der Waals surface area contributed by atoms with Crippen molar-refractivity contribution in [1.82, 2.24) is 4.90 Å². The Morgan fingerprint density at radius 3 is 2.04 bits per heavy atom. The van der Waals surface area contributed by atoms with E-state index in [1.807, 2.05) is 66.7 Å². The smallest absolute Gasteiger partial charge is 0.263 e. The van der Waals surface area contributed by atoms with Crippen molar-refractivity contribution in [3.05, 3.63) is 90.0 Å². The standard InChI is InChI=1S/C21H16N2O2/c24-20-18-12-11-16(15-7-3-1-4-8-15)13-19(18)21(25)23(20)14-22-17-9-5-2-6-10-17/h1-13,22H,14H2. The molecule has 122 valence electrons. The van der Waals surface area contributed by atoms with Gasteiger partial charge in [0.15, 0.2) is 0 Å². The summed E-state index contributed by atoms with van der Waals surface area (Å²) in [7, 11) is 0. The van der Waals surface area contributed by atoms with E-state index in [1.54, 1.807) is 12.1 Å². The SMILES string of the molecule is O=C1c2ccc(-c3ccccc3)cc2C(=O)N1CNc1ccccc1. The van der Waals surface area contributed by atoms with Crippen molar-refractivity contribution in [2.75, 3.05) is 12.0 Å². The second kappa shape index (κ2) is 6.24. The number of imide groups is 1. The highest BCUT2D eigenvalue weighted by Crippen LogP contribution is 2.28. The fourth-order valence-electron chi connectivity index (χ4n) is 2.97. The number of anilines is 1. The first kappa shape index (κ1) is 15.1. The molecule has 0 unspecified atom stereocenters. The maximum absolute atomic E-state index is 12.7. The maximum Gasteiger partial charge on any atom is 0.263 e. The van der Waals surface area contributed by atoms with Gasteiger partial charge in [-0.1, -0.05) is 54.6 Å². The Morgan fingerprint density at radius 1 is 0.680 bits per heavy atom. The van der Waals surface area contributed by atoms with E-state index >= 15 is 0 Å². The topological polar surface area (TPSA) is 49.4 Å². The molecule has 4 heteroatoms. The van der Waals surface area contributed by atoms with Crippen LogP contribution in [0.1, 0.15) is 20.7 Å². The van der Waals surface area contributed by atoms with Gasteiger partial charge in [-0.3, -0.25) is 14.5 Å². The maximum atomic E-state index is 12.7. The number of benzene rings is 3. The van der Waals surface area contributed by atoms with Gasteiger partial charge < -0.3 is 5.32 Å². The zero-order chi connectivity index (χ0) is 17.2. The Kier molecular flexibility index (Phi) is 3.78. The summed E-state index contributed by atoms with van der Waals surface area (Å²) in [4.78, 5) is 26.5. The third-order valence-corrected chi connectivity index (χ3v) is 4.29. The van der Waals surface area contributed by atoms with Gasteiger partial charge in [0.25, 0.3) is 11.8 Å². The molecule has 1 aliphatic heterocycles. The van der Waals surface area contributed by atoms with Crippen molar-refractivity contribution in [2.24, 2.45) is 0 Å². The van der Waals surface area contributed by atoms with Gasteiger partial charge in [-0.25, -0.2) is 0 Å². The lowest BCUT2D eigenvalue weighted by atomic mass is 10.0. The molecular formula is C21H16N2O2. The van der Waals surface area contributed by atoms with Crippen LogP contribution in [-0.2, 0) is 0 Å². The Morgan fingerprint density at radius 2 is 1.32 bits per heavy atom. The van der Waals surface area contributed by atoms with Crippen molar-refractivity contribution in [2.45, 2.75) is 0 Å². The van der Waals surface area contributed by atoms with Crippen LogP contribution in [0.25, 0.3) is 11.1 Å². The van der Waals surface area contributed by atoms with Crippen molar-refractivity contribution < 1.29 is 9.59 Å². The van der Waals surface area contributed by atoms with Gasteiger partial charge in [-0.15, -0.1) is 0 Å². The van der Waals surface area contributed by atoms with Crippen LogP contribution in [0, 0.1) is 0 Å². The average Bonchev–Trinajstić information content (AvgIpc) is 2.91. The van der Waals surface area contributed by atoms with E-state index in [9.17, 15) is 9.59 Å². The molecule has 1 heterocycles. The van der Waals surface area contributed by atoms with E-state index in [4.69, 9.17) is 0 Å². The molecule has 4 rings (SSSR count). The zero-order valence-corrected chi connectivity index (χ0v) is 13.5. The summed E-state index contributed by atoms with van der Waals surface area (Å²) in [5.74, 6) is -0.524. The lowest BCUT2D eigenvalue weighted by molar-refractivity contribution is 0.0666. The summed E-state index contributed by atoms with van der Waals surface area (Å²) in [5, 5.41) is 3.11. The molecule has 0 spiro atoms. The van der Waals surface area contributed by atoms with Gasteiger partial charge in [0.2, 0.25) is 0 Å². The molecule has 0 aliphatic carbocycles. The second-order valence-corrected chi connectivity index (χ2v) is 5.87. The molecule has 0 saturated carbocycles. The number of nitrogens with zero attached hydrogens (tertiary/aromatic N) is 1. The highest BCUT2D eigenvalue weighted by Gasteiger charge is 2.35. The predicted octanol–water partition coefficient (Wildman–Crippen LogP) is 4.02. The molecule has 3 aromatic rings. The van der Waals surface area contributed by atoms with Gasteiger partial charge in [0.1, 0.15) is 0 Å². The van der Waals surface area contributed by atoms with Gasteiger partial charge >= 0.3 is 0 Å². The summed E-state index contributed by atoms with van der Waals surface area (Å²) in [6.45, 7) is 0.150. The fraction of sp³-hybridized carbons (Fsp3) is 0.0476. The Hall–Kier alpha value is -3.40. The van der Waals surface area contributed by atoms with Crippen LogP contribution in [0.3, 0.4) is 0 Å². The minimum Gasteiger partial charge on any atom is -0.367 e. The molecule has 0 bridgehead atoms. The Bertz CT molecular complexity index is 937. The number of hydrogen-bond donors (Lipinski definition) is 1. The third kappa shape index (κ3) is 2.78. The van der Waals surface area contributed by atoms with Gasteiger partial charge in [-0.2, -0.15) is 0 Å². The number of nitrogens with one attached hydrogen (secondary N) is 1. The number of hydrogen-bond acceptors (Lipinski definition) is 3. The first-order chi connectivity index (χ1) is 12.2. The minimum atomic E-state index is -0.263. The fourth-order valence-corrected chi connectivity index (χ4v) is 2.97. The lowest BCUT2D eigenvalue weighted by Gasteiger charge is -2.15. The molecule has 3 aromatic carbocycles. The van der Waals surface area contributed by atoms with E-state index in [1.165, 1.54) is 4.90 Å².